The van der Waals surface area contributed by atoms with Crippen LogP contribution < -0.4 is 9.47 Å². The molecular weight excluding hydrogens is 359 g/mol. The number of ketones is 1. The van der Waals surface area contributed by atoms with Gasteiger partial charge in [0.15, 0.2) is 5.76 Å². The number of fused-ring (bicyclic) bond motifs is 1. The maximum atomic E-state index is 13.9. The average molecular weight is 374 g/mol. The van der Waals surface area contributed by atoms with Crippen LogP contribution in [-0.4, -0.2) is 11.8 Å². The molecule has 4 rings (SSSR count). The average Bonchev–Trinajstić information content (AvgIpc) is 3.03. The Morgan fingerprint density at radius 1 is 1.00 bits per heavy atom. The van der Waals surface area contributed by atoms with E-state index < -0.39 is 11.8 Å². The van der Waals surface area contributed by atoms with Crippen LogP contribution in [0.1, 0.15) is 31.8 Å². The van der Waals surface area contributed by atoms with Crippen molar-refractivity contribution in [3.63, 3.8) is 0 Å². The summed E-state index contributed by atoms with van der Waals surface area (Å²) in [4.78, 5) is 24.9. The summed E-state index contributed by atoms with van der Waals surface area (Å²) in [5, 5.41) is 0. The van der Waals surface area contributed by atoms with Crippen LogP contribution in [-0.2, 0) is 0 Å². The Morgan fingerprint density at radius 3 is 2.46 bits per heavy atom. The molecule has 0 saturated heterocycles. The van der Waals surface area contributed by atoms with E-state index in [1.165, 1.54) is 12.1 Å². The highest BCUT2D eigenvalue weighted by molar-refractivity contribution is 6.15. The second kappa shape index (κ2) is 7.12. The van der Waals surface area contributed by atoms with Crippen molar-refractivity contribution in [2.45, 2.75) is 6.92 Å². The molecule has 0 fully saturated rings. The van der Waals surface area contributed by atoms with E-state index in [4.69, 9.17) is 9.47 Å². The van der Waals surface area contributed by atoms with Crippen molar-refractivity contribution in [1.29, 1.82) is 0 Å². The van der Waals surface area contributed by atoms with Gasteiger partial charge in [-0.25, -0.2) is 9.18 Å². The molecule has 138 valence electrons. The van der Waals surface area contributed by atoms with Crippen molar-refractivity contribution in [3.05, 3.63) is 101 Å². The quantitative estimate of drug-likeness (QED) is 0.369. The lowest BCUT2D eigenvalue weighted by molar-refractivity contribution is 0.0733. The van der Waals surface area contributed by atoms with E-state index in [1.54, 1.807) is 67.6 Å². The van der Waals surface area contributed by atoms with E-state index in [1.807, 2.05) is 0 Å². The van der Waals surface area contributed by atoms with Gasteiger partial charge in [0.2, 0.25) is 5.78 Å². The van der Waals surface area contributed by atoms with E-state index in [-0.39, 0.29) is 17.1 Å². The molecule has 0 aromatic heterocycles. The van der Waals surface area contributed by atoms with Gasteiger partial charge in [0, 0.05) is 11.1 Å². The Labute approximate surface area is 160 Å². The zero-order valence-electron chi connectivity index (χ0n) is 14.9. The Kier molecular flexibility index (Phi) is 4.49. The summed E-state index contributed by atoms with van der Waals surface area (Å²) in [7, 11) is 0. The summed E-state index contributed by atoms with van der Waals surface area (Å²) in [5.74, 6) is -0.665. The summed E-state index contributed by atoms with van der Waals surface area (Å²) in [6.45, 7) is 1.70. The van der Waals surface area contributed by atoms with Crippen molar-refractivity contribution in [3.8, 4) is 11.5 Å². The molecule has 3 aromatic rings. The number of halogens is 1. The van der Waals surface area contributed by atoms with Crippen LogP contribution in [0.3, 0.4) is 0 Å². The van der Waals surface area contributed by atoms with Crippen molar-refractivity contribution >= 4 is 17.8 Å². The molecule has 0 atom stereocenters. The first kappa shape index (κ1) is 17.7. The second-order valence-electron chi connectivity index (χ2n) is 6.28. The molecule has 0 saturated carbocycles. The second-order valence-corrected chi connectivity index (χ2v) is 6.28. The number of ether oxygens (including phenoxy) is 2. The van der Waals surface area contributed by atoms with Gasteiger partial charge in [0.1, 0.15) is 17.3 Å². The highest BCUT2D eigenvalue weighted by atomic mass is 19.1. The number of allylic oxidation sites excluding steroid dienone is 1. The lowest BCUT2D eigenvalue weighted by Crippen LogP contribution is -2.09. The number of hydrogen-bond donors (Lipinski definition) is 0. The van der Waals surface area contributed by atoms with Crippen molar-refractivity contribution in [2.24, 2.45) is 0 Å². The molecule has 4 nitrogen and oxygen atoms in total. The van der Waals surface area contributed by atoms with Crippen molar-refractivity contribution in [2.75, 3.05) is 0 Å². The van der Waals surface area contributed by atoms with Gasteiger partial charge in [-0.2, -0.15) is 0 Å². The molecular formula is C23H15FO4. The highest BCUT2D eigenvalue weighted by Crippen LogP contribution is 2.39. The van der Waals surface area contributed by atoms with Gasteiger partial charge < -0.3 is 9.47 Å². The summed E-state index contributed by atoms with van der Waals surface area (Å²) in [5.41, 5.74) is 1.54. The van der Waals surface area contributed by atoms with E-state index in [0.717, 1.165) is 0 Å². The van der Waals surface area contributed by atoms with Gasteiger partial charge >= 0.3 is 5.97 Å². The summed E-state index contributed by atoms with van der Waals surface area (Å²) < 4.78 is 25.0. The van der Waals surface area contributed by atoms with Crippen LogP contribution in [0.15, 0.2) is 72.5 Å². The predicted octanol–water partition coefficient (Wildman–Crippen LogP) is 4.97. The normalized spacial score (nSPS) is 13.9. The van der Waals surface area contributed by atoms with Crippen LogP contribution in [0, 0.1) is 12.7 Å². The number of carbonyl (C=O) groups is 2. The molecule has 0 radical (unpaired) electrons. The smallest absolute Gasteiger partial charge is 0.343 e. The van der Waals surface area contributed by atoms with Gasteiger partial charge in [-0.1, -0.05) is 36.4 Å². The maximum Gasteiger partial charge on any atom is 0.343 e. The molecule has 1 aliphatic heterocycles. The lowest BCUT2D eigenvalue weighted by atomic mass is 10.1. The van der Waals surface area contributed by atoms with E-state index in [2.05, 4.69) is 0 Å². The van der Waals surface area contributed by atoms with Gasteiger partial charge in [0.05, 0.1) is 11.1 Å². The molecule has 1 heterocycles. The van der Waals surface area contributed by atoms with E-state index in [9.17, 15) is 14.0 Å². The van der Waals surface area contributed by atoms with Crippen LogP contribution in [0.4, 0.5) is 4.39 Å². The fraction of sp³-hybridized carbons (Fsp3) is 0.0435. The van der Waals surface area contributed by atoms with Crippen LogP contribution >= 0.6 is 0 Å². The van der Waals surface area contributed by atoms with Gasteiger partial charge in [-0.15, -0.1) is 0 Å². The highest BCUT2D eigenvalue weighted by Gasteiger charge is 2.30. The topological polar surface area (TPSA) is 52.6 Å². The Balaban J connectivity index is 1.64. The largest absolute Gasteiger partial charge is 0.452 e. The molecule has 0 spiro atoms. The number of carbonyl (C=O) groups excluding carboxylic acids is 2. The number of rotatable bonds is 3. The first-order valence-corrected chi connectivity index (χ1v) is 8.64. The fourth-order valence-electron chi connectivity index (χ4n) is 2.94. The molecule has 1 aliphatic rings. The molecule has 28 heavy (non-hydrogen) atoms. The Hall–Kier alpha value is -3.73. The van der Waals surface area contributed by atoms with Gasteiger partial charge in [-0.3, -0.25) is 4.79 Å². The van der Waals surface area contributed by atoms with Gasteiger partial charge in [0.25, 0.3) is 0 Å². The summed E-state index contributed by atoms with van der Waals surface area (Å²) in [6.07, 6.45) is 1.37. The molecule has 0 bridgehead atoms. The molecule has 0 aliphatic carbocycles. The molecule has 3 aromatic carbocycles. The van der Waals surface area contributed by atoms with Crippen LogP contribution in [0.5, 0.6) is 11.5 Å². The number of hydrogen-bond acceptors (Lipinski definition) is 4. The maximum absolute atomic E-state index is 13.9. The van der Waals surface area contributed by atoms with Crippen molar-refractivity contribution < 1.29 is 23.5 Å². The van der Waals surface area contributed by atoms with E-state index in [0.29, 0.717) is 28.2 Å². The Bertz CT molecular complexity index is 1120. The molecule has 0 amide bonds. The van der Waals surface area contributed by atoms with E-state index >= 15 is 0 Å². The third-order valence-corrected chi connectivity index (χ3v) is 4.44. The van der Waals surface area contributed by atoms with Crippen molar-refractivity contribution in [1.82, 2.24) is 0 Å². The minimum Gasteiger partial charge on any atom is -0.452 e. The zero-order valence-corrected chi connectivity index (χ0v) is 14.9. The Morgan fingerprint density at radius 2 is 1.71 bits per heavy atom. The third kappa shape index (κ3) is 3.18. The number of Topliss-reactive ketones (excluding diaryl/α,β-unsaturated/α-hetero) is 1. The molecule has 0 N–H and O–H groups in total. The van der Waals surface area contributed by atoms with Crippen LogP contribution in [0.25, 0.3) is 6.08 Å². The third-order valence-electron chi connectivity index (χ3n) is 4.44. The summed E-state index contributed by atoms with van der Waals surface area (Å²) in [6, 6.07) is 17.8. The predicted molar refractivity (Wildman–Crippen MR) is 102 cm³/mol. The lowest BCUT2D eigenvalue weighted by Gasteiger charge is -2.10. The van der Waals surface area contributed by atoms with Crippen LogP contribution in [0.2, 0.25) is 0 Å². The molecule has 0 unspecified atom stereocenters. The minimum absolute atomic E-state index is 0.0229. The molecule has 5 heteroatoms. The minimum atomic E-state index is -0.505. The van der Waals surface area contributed by atoms with Gasteiger partial charge in [-0.05, 0) is 43.3 Å². The fourth-order valence-corrected chi connectivity index (χ4v) is 2.94. The summed E-state index contributed by atoms with van der Waals surface area (Å²) >= 11 is 0. The first-order chi connectivity index (χ1) is 13.5. The standard InChI is InChI=1S/C23H15FO4/c1-14-19(28-23(26)15-7-3-2-4-8-15)12-11-17-21(25)20(27-22(14)17)13-16-9-5-6-10-18(16)24/h2-13H,1H3/b20-13-. The zero-order chi connectivity index (χ0) is 19.7. The number of esters is 1. The monoisotopic (exact) mass is 374 g/mol. The first-order valence-electron chi connectivity index (χ1n) is 8.64. The SMILES string of the molecule is Cc1c(OC(=O)c2ccccc2)ccc2c1O/C(=C\c1ccccc1F)C2=O. The number of benzene rings is 3.